The molecular formula is C22H34N4O4. The molecule has 0 radical (unpaired) electrons. The molecule has 3 amide bonds. The van der Waals surface area contributed by atoms with Crippen LogP contribution in [0, 0.1) is 19.8 Å². The van der Waals surface area contributed by atoms with Crippen LogP contribution in [-0.4, -0.2) is 87.4 Å². The van der Waals surface area contributed by atoms with Gasteiger partial charge < -0.3 is 25.0 Å². The second-order valence-corrected chi connectivity index (χ2v) is 8.20. The lowest BCUT2D eigenvalue weighted by Crippen LogP contribution is -2.53. The number of urea groups is 1. The van der Waals surface area contributed by atoms with Crippen molar-refractivity contribution in [3.05, 3.63) is 29.3 Å². The van der Waals surface area contributed by atoms with Crippen molar-refractivity contribution >= 4 is 17.6 Å². The molecule has 2 aliphatic rings. The number of anilines is 1. The number of hydrogen-bond donors (Lipinski definition) is 2. The molecule has 0 aliphatic carbocycles. The van der Waals surface area contributed by atoms with E-state index in [1.54, 1.807) is 7.05 Å². The Morgan fingerprint density at radius 3 is 2.50 bits per heavy atom. The molecule has 1 aromatic rings. The Labute approximate surface area is 178 Å². The van der Waals surface area contributed by atoms with Gasteiger partial charge in [0.15, 0.2) is 0 Å². The number of carbonyl (C=O) groups excluding carboxylic acids is 2. The molecule has 8 nitrogen and oxygen atoms in total. The molecule has 2 heterocycles. The number of hydrogen-bond acceptors (Lipinski definition) is 5. The number of likely N-dealkylation sites (N-methyl/N-ethyl adjacent to an activating group) is 1. The summed E-state index contributed by atoms with van der Waals surface area (Å²) < 4.78 is 11.1. The lowest BCUT2D eigenvalue weighted by molar-refractivity contribution is -0.116. The monoisotopic (exact) mass is 418 g/mol. The molecule has 30 heavy (non-hydrogen) atoms. The molecule has 1 aromatic carbocycles. The van der Waals surface area contributed by atoms with Gasteiger partial charge in [-0.25, -0.2) is 4.79 Å². The van der Waals surface area contributed by atoms with E-state index in [2.05, 4.69) is 15.5 Å². The summed E-state index contributed by atoms with van der Waals surface area (Å²) in [5, 5.41) is 5.94. The minimum Gasteiger partial charge on any atom is -0.381 e. The minimum atomic E-state index is -0.246. The van der Waals surface area contributed by atoms with Crippen LogP contribution in [0.3, 0.4) is 0 Å². The molecule has 2 saturated heterocycles. The van der Waals surface area contributed by atoms with Crippen molar-refractivity contribution < 1.29 is 19.1 Å². The van der Waals surface area contributed by atoms with E-state index >= 15 is 0 Å². The Balaban J connectivity index is 1.51. The Bertz CT molecular complexity index is 710. The van der Waals surface area contributed by atoms with Gasteiger partial charge in [-0.2, -0.15) is 0 Å². The van der Waals surface area contributed by atoms with Crippen LogP contribution in [0.2, 0.25) is 0 Å². The highest BCUT2D eigenvalue weighted by Crippen LogP contribution is 2.22. The summed E-state index contributed by atoms with van der Waals surface area (Å²) in [6, 6.07) is 5.84. The summed E-state index contributed by atoms with van der Waals surface area (Å²) in [5.74, 6) is 0.194. The van der Waals surface area contributed by atoms with Crippen molar-refractivity contribution in [1.82, 2.24) is 15.1 Å². The van der Waals surface area contributed by atoms with E-state index in [1.165, 1.54) is 4.90 Å². The molecule has 3 rings (SSSR count). The molecule has 8 heteroatoms. The first kappa shape index (κ1) is 22.5. The lowest BCUT2D eigenvalue weighted by Gasteiger charge is -2.37. The zero-order valence-corrected chi connectivity index (χ0v) is 18.3. The van der Waals surface area contributed by atoms with Gasteiger partial charge >= 0.3 is 6.03 Å². The molecule has 2 fully saturated rings. The predicted octanol–water partition coefficient (Wildman–Crippen LogP) is 1.62. The largest absolute Gasteiger partial charge is 0.381 e. The van der Waals surface area contributed by atoms with Crippen LogP contribution in [0.1, 0.15) is 17.5 Å². The van der Waals surface area contributed by atoms with E-state index < -0.39 is 0 Å². The van der Waals surface area contributed by atoms with Crippen molar-refractivity contribution in [3.8, 4) is 0 Å². The highest BCUT2D eigenvalue weighted by atomic mass is 16.5. The van der Waals surface area contributed by atoms with Crippen molar-refractivity contribution in [2.45, 2.75) is 26.3 Å². The SMILES string of the molecule is Cc1cccc(C)c1NC(=O)CN(C)C(=O)NC[C@@H]([C@H]1CCOC1)N1CCOCC1. The molecule has 2 N–H and O–H groups in total. The number of nitrogens with one attached hydrogen (secondary N) is 2. The summed E-state index contributed by atoms with van der Waals surface area (Å²) in [6.07, 6.45) is 1.01. The van der Waals surface area contributed by atoms with E-state index in [4.69, 9.17) is 9.47 Å². The van der Waals surface area contributed by atoms with E-state index in [-0.39, 0.29) is 24.5 Å². The third-order valence-corrected chi connectivity index (χ3v) is 5.96. The highest BCUT2D eigenvalue weighted by Gasteiger charge is 2.32. The van der Waals surface area contributed by atoms with Crippen LogP contribution in [0.25, 0.3) is 0 Å². The fourth-order valence-electron chi connectivity index (χ4n) is 4.16. The summed E-state index contributed by atoms with van der Waals surface area (Å²) in [4.78, 5) is 28.9. The molecule has 0 bridgehead atoms. The molecule has 0 aromatic heterocycles. The fraction of sp³-hybridized carbons (Fsp3) is 0.636. The predicted molar refractivity (Wildman–Crippen MR) is 116 cm³/mol. The standard InChI is InChI=1S/C22H34N4O4/c1-16-5-4-6-17(2)21(16)24-20(27)14-25(3)22(28)23-13-19(18-7-10-30-15-18)26-8-11-29-12-9-26/h4-6,18-19H,7-15H2,1-3H3,(H,23,28)(H,24,27)/t18-,19-/m0/s1. The van der Waals surface area contributed by atoms with Crippen LogP contribution in [-0.2, 0) is 14.3 Å². The number of ether oxygens (including phenoxy) is 2. The topological polar surface area (TPSA) is 83.1 Å². The third kappa shape index (κ3) is 5.93. The number of nitrogens with zero attached hydrogens (tertiary/aromatic N) is 2. The average molecular weight is 419 g/mol. The quantitative estimate of drug-likeness (QED) is 0.703. The normalized spacial score (nSPS) is 20.6. The molecule has 0 unspecified atom stereocenters. The van der Waals surface area contributed by atoms with E-state index in [9.17, 15) is 9.59 Å². The van der Waals surface area contributed by atoms with Crippen LogP contribution in [0.15, 0.2) is 18.2 Å². The number of morpholine rings is 1. The molecular weight excluding hydrogens is 384 g/mol. The highest BCUT2D eigenvalue weighted by molar-refractivity contribution is 5.95. The Morgan fingerprint density at radius 2 is 1.87 bits per heavy atom. The first-order valence-corrected chi connectivity index (χ1v) is 10.7. The van der Waals surface area contributed by atoms with Crippen molar-refractivity contribution in [3.63, 3.8) is 0 Å². The molecule has 0 saturated carbocycles. The second-order valence-electron chi connectivity index (χ2n) is 8.20. The summed E-state index contributed by atoms with van der Waals surface area (Å²) in [7, 11) is 1.64. The van der Waals surface area contributed by atoms with Gasteiger partial charge in [0.05, 0.1) is 19.8 Å². The van der Waals surface area contributed by atoms with Crippen LogP contribution in [0.4, 0.5) is 10.5 Å². The first-order valence-electron chi connectivity index (χ1n) is 10.7. The Morgan fingerprint density at radius 1 is 1.17 bits per heavy atom. The van der Waals surface area contributed by atoms with Crippen molar-refractivity contribution in [2.24, 2.45) is 5.92 Å². The van der Waals surface area contributed by atoms with Gasteiger partial charge in [0.25, 0.3) is 0 Å². The number of carbonyl (C=O) groups is 2. The van der Waals surface area contributed by atoms with Crippen molar-refractivity contribution in [1.29, 1.82) is 0 Å². The molecule has 2 aliphatic heterocycles. The van der Waals surface area contributed by atoms with Crippen LogP contribution >= 0.6 is 0 Å². The maximum Gasteiger partial charge on any atom is 0.317 e. The summed E-state index contributed by atoms with van der Waals surface area (Å²) >= 11 is 0. The van der Waals surface area contributed by atoms with Gasteiger partial charge in [-0.1, -0.05) is 18.2 Å². The lowest BCUT2D eigenvalue weighted by atomic mass is 9.97. The van der Waals surface area contributed by atoms with E-state index in [1.807, 2.05) is 32.0 Å². The van der Waals surface area contributed by atoms with Gasteiger partial charge in [-0.3, -0.25) is 9.69 Å². The van der Waals surface area contributed by atoms with Gasteiger partial charge in [0.1, 0.15) is 6.54 Å². The zero-order chi connectivity index (χ0) is 21.5. The number of para-hydroxylation sites is 1. The van der Waals surface area contributed by atoms with E-state index in [0.717, 1.165) is 62.8 Å². The van der Waals surface area contributed by atoms with Gasteiger partial charge in [-0.05, 0) is 31.4 Å². The fourth-order valence-corrected chi connectivity index (χ4v) is 4.16. The molecule has 0 spiro atoms. The summed E-state index contributed by atoms with van der Waals surface area (Å²) in [6.45, 7) is 9.12. The van der Waals surface area contributed by atoms with Crippen molar-refractivity contribution in [2.75, 3.05) is 65.0 Å². The number of amides is 3. The average Bonchev–Trinajstić information content (AvgIpc) is 3.26. The smallest absolute Gasteiger partial charge is 0.317 e. The van der Waals surface area contributed by atoms with Gasteiger partial charge in [0.2, 0.25) is 5.91 Å². The molecule has 2 atom stereocenters. The number of aryl methyl sites for hydroxylation is 2. The second kappa shape index (κ2) is 10.7. The third-order valence-electron chi connectivity index (χ3n) is 5.96. The number of benzene rings is 1. The van der Waals surface area contributed by atoms with Crippen LogP contribution in [0.5, 0.6) is 0 Å². The minimum absolute atomic E-state index is 0.00559. The summed E-state index contributed by atoms with van der Waals surface area (Å²) in [5.41, 5.74) is 2.81. The number of rotatable bonds is 7. The van der Waals surface area contributed by atoms with Gasteiger partial charge in [0, 0.05) is 50.9 Å². The Kier molecular flexibility index (Phi) is 8.07. The van der Waals surface area contributed by atoms with Gasteiger partial charge in [-0.15, -0.1) is 0 Å². The maximum atomic E-state index is 12.6. The van der Waals surface area contributed by atoms with E-state index in [0.29, 0.717) is 12.5 Å². The first-order chi connectivity index (χ1) is 14.5. The van der Waals surface area contributed by atoms with Crippen LogP contribution < -0.4 is 10.6 Å². The molecule has 166 valence electrons. The zero-order valence-electron chi connectivity index (χ0n) is 18.3. The Hall–Kier alpha value is -2.16. The maximum absolute atomic E-state index is 12.6.